The lowest BCUT2D eigenvalue weighted by atomic mass is 10.2. The molecule has 2 rings (SSSR count). The molecular formula is C13H19N3O2. The molecule has 1 saturated carbocycles. The number of hydrogen-bond donors (Lipinski definition) is 3. The number of aromatic nitrogens is 1. The Balaban J connectivity index is 1.90. The van der Waals surface area contributed by atoms with Crippen molar-refractivity contribution in [3.63, 3.8) is 0 Å². The van der Waals surface area contributed by atoms with Gasteiger partial charge in [0.15, 0.2) is 0 Å². The highest BCUT2D eigenvalue weighted by molar-refractivity contribution is 5.93. The molecule has 0 bridgehead atoms. The van der Waals surface area contributed by atoms with E-state index in [4.69, 9.17) is 5.11 Å². The van der Waals surface area contributed by atoms with Gasteiger partial charge in [-0.05, 0) is 31.4 Å². The Kier molecular flexibility index (Phi) is 4.15. The molecule has 3 N–H and O–H groups in total. The molecule has 1 fully saturated rings. The number of amides is 1. The fourth-order valence-electron chi connectivity index (χ4n) is 1.63. The Bertz CT molecular complexity index is 397. The lowest BCUT2D eigenvalue weighted by molar-refractivity contribution is -0.117. The van der Waals surface area contributed by atoms with Crippen molar-refractivity contribution in [2.24, 2.45) is 5.92 Å². The normalized spacial score (nSPS) is 16.1. The fraction of sp³-hybridized carbons (Fsp3) is 0.538. The minimum atomic E-state index is 0.0180. The molecule has 18 heavy (non-hydrogen) atoms. The molecule has 98 valence electrons. The minimum absolute atomic E-state index is 0.0180. The fourth-order valence-corrected chi connectivity index (χ4v) is 1.63. The van der Waals surface area contributed by atoms with E-state index in [1.54, 1.807) is 12.3 Å². The highest BCUT2D eigenvalue weighted by atomic mass is 16.3. The number of pyridine rings is 1. The summed E-state index contributed by atoms with van der Waals surface area (Å²) in [6.45, 7) is 2.08. The summed E-state index contributed by atoms with van der Waals surface area (Å²) in [6.07, 6.45) is 4.45. The molecule has 1 heterocycles. The van der Waals surface area contributed by atoms with Crippen LogP contribution >= 0.6 is 0 Å². The van der Waals surface area contributed by atoms with E-state index in [0.29, 0.717) is 5.82 Å². The molecule has 1 unspecified atom stereocenters. The second-order valence-corrected chi connectivity index (χ2v) is 4.63. The third-order valence-corrected chi connectivity index (χ3v) is 3.04. The number of carbonyl (C=O) groups is 1. The topological polar surface area (TPSA) is 74.2 Å². The summed E-state index contributed by atoms with van der Waals surface area (Å²) in [4.78, 5) is 15.8. The highest BCUT2D eigenvalue weighted by Crippen LogP contribution is 2.30. The zero-order chi connectivity index (χ0) is 13.0. The van der Waals surface area contributed by atoms with Gasteiger partial charge in [0.1, 0.15) is 5.82 Å². The van der Waals surface area contributed by atoms with E-state index in [0.717, 1.165) is 24.9 Å². The number of rotatable bonds is 6. The molecule has 0 aromatic carbocycles. The summed E-state index contributed by atoms with van der Waals surface area (Å²) >= 11 is 0. The molecule has 0 aliphatic heterocycles. The van der Waals surface area contributed by atoms with Gasteiger partial charge in [0, 0.05) is 5.92 Å². The van der Waals surface area contributed by atoms with Gasteiger partial charge >= 0.3 is 0 Å². The van der Waals surface area contributed by atoms with Crippen LogP contribution in [0, 0.1) is 5.92 Å². The van der Waals surface area contributed by atoms with Gasteiger partial charge in [0.2, 0.25) is 5.91 Å². The Hall–Kier alpha value is -1.62. The summed E-state index contributed by atoms with van der Waals surface area (Å²) in [5.74, 6) is 0.987. The predicted molar refractivity (Wildman–Crippen MR) is 70.4 cm³/mol. The van der Waals surface area contributed by atoms with Crippen LogP contribution < -0.4 is 10.6 Å². The molecule has 1 amide bonds. The number of hydrogen-bond acceptors (Lipinski definition) is 4. The molecule has 0 radical (unpaired) electrons. The molecule has 1 aromatic heterocycles. The molecule has 1 aliphatic rings. The van der Waals surface area contributed by atoms with Crippen molar-refractivity contribution < 1.29 is 9.90 Å². The monoisotopic (exact) mass is 249 g/mol. The van der Waals surface area contributed by atoms with E-state index >= 15 is 0 Å². The maximum Gasteiger partial charge on any atom is 0.227 e. The van der Waals surface area contributed by atoms with Crippen LogP contribution in [0.1, 0.15) is 26.2 Å². The van der Waals surface area contributed by atoms with Gasteiger partial charge in [-0.3, -0.25) is 4.79 Å². The van der Waals surface area contributed by atoms with Gasteiger partial charge in [0.05, 0.1) is 24.5 Å². The molecule has 5 nitrogen and oxygen atoms in total. The number of aliphatic hydroxyl groups is 1. The minimum Gasteiger partial charge on any atom is -0.394 e. The number of carbonyl (C=O) groups excluding carboxylic acids is 1. The highest BCUT2D eigenvalue weighted by Gasteiger charge is 2.29. The maximum absolute atomic E-state index is 11.5. The van der Waals surface area contributed by atoms with Crippen molar-refractivity contribution in [3.8, 4) is 0 Å². The predicted octanol–water partition coefficient (Wildman–Crippen LogP) is 1.61. The van der Waals surface area contributed by atoms with Gasteiger partial charge < -0.3 is 15.7 Å². The Morgan fingerprint density at radius 3 is 2.83 bits per heavy atom. The SMILES string of the molecule is CCC(CO)Nc1ccc(NC(=O)C2CC2)cn1. The average Bonchev–Trinajstić information content (AvgIpc) is 3.22. The third-order valence-electron chi connectivity index (χ3n) is 3.04. The van der Waals surface area contributed by atoms with Crippen molar-refractivity contribution >= 4 is 17.4 Å². The van der Waals surface area contributed by atoms with Crippen molar-refractivity contribution in [2.45, 2.75) is 32.2 Å². The largest absolute Gasteiger partial charge is 0.394 e. The standard InChI is InChI=1S/C13H19N3O2/c1-2-10(8-17)15-12-6-5-11(7-14-12)16-13(18)9-3-4-9/h5-7,9-10,17H,2-4,8H2,1H3,(H,14,15)(H,16,18). The summed E-state index contributed by atoms with van der Waals surface area (Å²) in [6, 6.07) is 3.64. The molecule has 5 heteroatoms. The molecule has 0 saturated heterocycles. The summed E-state index contributed by atoms with van der Waals surface area (Å²) in [5.41, 5.74) is 0.717. The maximum atomic E-state index is 11.5. The Morgan fingerprint density at radius 1 is 1.56 bits per heavy atom. The van der Waals surface area contributed by atoms with E-state index in [2.05, 4.69) is 15.6 Å². The van der Waals surface area contributed by atoms with Gasteiger partial charge in [0.25, 0.3) is 0 Å². The molecule has 0 spiro atoms. The lowest BCUT2D eigenvalue weighted by Gasteiger charge is -2.14. The average molecular weight is 249 g/mol. The first-order chi connectivity index (χ1) is 8.72. The van der Waals surface area contributed by atoms with Crippen molar-refractivity contribution in [2.75, 3.05) is 17.2 Å². The summed E-state index contributed by atoms with van der Waals surface area (Å²) < 4.78 is 0. The zero-order valence-corrected chi connectivity index (χ0v) is 10.5. The van der Waals surface area contributed by atoms with E-state index in [9.17, 15) is 4.79 Å². The van der Waals surface area contributed by atoms with Crippen LogP contribution in [0.15, 0.2) is 18.3 Å². The Labute approximate surface area is 107 Å². The van der Waals surface area contributed by atoms with Gasteiger partial charge in [-0.2, -0.15) is 0 Å². The second kappa shape index (κ2) is 5.82. The molecular weight excluding hydrogens is 230 g/mol. The van der Waals surface area contributed by atoms with Crippen LogP contribution in [0.4, 0.5) is 11.5 Å². The first-order valence-corrected chi connectivity index (χ1v) is 6.37. The number of anilines is 2. The van der Waals surface area contributed by atoms with Gasteiger partial charge in [-0.1, -0.05) is 6.92 Å². The van der Waals surface area contributed by atoms with Gasteiger partial charge in [-0.25, -0.2) is 4.98 Å². The zero-order valence-electron chi connectivity index (χ0n) is 10.5. The number of aliphatic hydroxyl groups excluding tert-OH is 1. The molecule has 1 aromatic rings. The second-order valence-electron chi connectivity index (χ2n) is 4.63. The van der Waals surface area contributed by atoms with E-state index < -0.39 is 0 Å². The van der Waals surface area contributed by atoms with Crippen molar-refractivity contribution in [1.29, 1.82) is 0 Å². The lowest BCUT2D eigenvalue weighted by Crippen LogP contribution is -2.23. The molecule has 1 atom stereocenters. The van der Waals surface area contributed by atoms with Crippen molar-refractivity contribution in [1.82, 2.24) is 4.98 Å². The first-order valence-electron chi connectivity index (χ1n) is 6.37. The van der Waals surface area contributed by atoms with Crippen LogP contribution in [-0.2, 0) is 4.79 Å². The van der Waals surface area contributed by atoms with Crippen LogP contribution in [0.2, 0.25) is 0 Å². The quantitative estimate of drug-likeness (QED) is 0.716. The van der Waals surface area contributed by atoms with Crippen LogP contribution in [0.25, 0.3) is 0 Å². The number of nitrogens with zero attached hydrogens (tertiary/aromatic N) is 1. The van der Waals surface area contributed by atoms with E-state index in [1.165, 1.54) is 0 Å². The summed E-state index contributed by atoms with van der Waals surface area (Å²) in [7, 11) is 0. The Morgan fingerprint density at radius 2 is 2.33 bits per heavy atom. The molecule has 1 aliphatic carbocycles. The first kappa shape index (κ1) is 12.8. The number of nitrogens with one attached hydrogen (secondary N) is 2. The third kappa shape index (κ3) is 3.43. The van der Waals surface area contributed by atoms with Crippen LogP contribution in [0.3, 0.4) is 0 Å². The van der Waals surface area contributed by atoms with Gasteiger partial charge in [-0.15, -0.1) is 0 Å². The smallest absolute Gasteiger partial charge is 0.227 e. The summed E-state index contributed by atoms with van der Waals surface area (Å²) in [5, 5.41) is 15.0. The van der Waals surface area contributed by atoms with Crippen LogP contribution in [-0.4, -0.2) is 28.6 Å². The van der Waals surface area contributed by atoms with Crippen LogP contribution in [0.5, 0.6) is 0 Å². The van der Waals surface area contributed by atoms with Crippen molar-refractivity contribution in [3.05, 3.63) is 18.3 Å². The van der Waals surface area contributed by atoms with E-state index in [1.807, 2.05) is 13.0 Å². The van der Waals surface area contributed by atoms with E-state index in [-0.39, 0.29) is 24.5 Å².